The Balaban J connectivity index is 1.92. The number of ether oxygens (including phenoxy) is 1. The van der Waals surface area contributed by atoms with Gasteiger partial charge in [0.2, 0.25) is 5.91 Å². The van der Waals surface area contributed by atoms with Crippen LogP contribution >= 0.6 is 0 Å². The number of carbonyl (C=O) groups excluding carboxylic acids is 1. The first-order chi connectivity index (χ1) is 11.3. The lowest BCUT2D eigenvalue weighted by molar-refractivity contribution is -0.173. The smallest absolute Gasteiger partial charge is 0.370 e. The summed E-state index contributed by atoms with van der Waals surface area (Å²) in [5, 5.41) is 2.79. The van der Waals surface area contributed by atoms with Crippen molar-refractivity contribution in [1.29, 1.82) is 0 Å². The Bertz CT molecular complexity index is 787. The van der Waals surface area contributed by atoms with Gasteiger partial charge in [0.15, 0.2) is 0 Å². The van der Waals surface area contributed by atoms with Crippen LogP contribution in [-0.2, 0) is 16.1 Å². The van der Waals surface area contributed by atoms with Gasteiger partial charge in [0.05, 0.1) is 23.8 Å². The largest absolute Gasteiger partial charge is 0.411 e. The first-order valence-electron chi connectivity index (χ1n) is 7.14. The molecule has 0 radical (unpaired) electrons. The maximum Gasteiger partial charge on any atom is 0.411 e. The zero-order valence-corrected chi connectivity index (χ0v) is 12.9. The molecule has 0 spiro atoms. The number of aryl methyl sites for hydroxylation is 1. The van der Waals surface area contributed by atoms with Crippen molar-refractivity contribution in [1.82, 2.24) is 14.9 Å². The highest BCUT2D eigenvalue weighted by atomic mass is 19.4. The Morgan fingerprint density at radius 3 is 2.83 bits per heavy atom. The van der Waals surface area contributed by atoms with Crippen LogP contribution in [0.3, 0.4) is 0 Å². The van der Waals surface area contributed by atoms with E-state index in [0.29, 0.717) is 10.9 Å². The van der Waals surface area contributed by atoms with Crippen molar-refractivity contribution in [3.05, 3.63) is 40.4 Å². The number of benzene rings is 1. The van der Waals surface area contributed by atoms with Crippen LogP contribution < -0.4 is 10.9 Å². The fraction of sp³-hybridized carbons (Fsp3) is 0.400. The molecule has 0 saturated heterocycles. The highest BCUT2D eigenvalue weighted by Crippen LogP contribution is 2.14. The Morgan fingerprint density at radius 1 is 1.38 bits per heavy atom. The summed E-state index contributed by atoms with van der Waals surface area (Å²) in [5.74, 6) is -0.512. The van der Waals surface area contributed by atoms with E-state index in [2.05, 4.69) is 15.0 Å². The summed E-state index contributed by atoms with van der Waals surface area (Å²) in [6, 6.07) is 5.17. The van der Waals surface area contributed by atoms with Crippen molar-refractivity contribution in [2.45, 2.75) is 19.6 Å². The van der Waals surface area contributed by atoms with Crippen LogP contribution in [0, 0.1) is 6.92 Å². The number of rotatable bonds is 6. The molecule has 9 heteroatoms. The molecule has 0 aliphatic carbocycles. The summed E-state index contributed by atoms with van der Waals surface area (Å²) < 4.78 is 41.1. The summed E-state index contributed by atoms with van der Waals surface area (Å²) in [6.07, 6.45) is -3.12. The summed E-state index contributed by atoms with van der Waals surface area (Å²) in [7, 11) is 0. The standard InChI is InChI=1S/C15H16F3N3O3/c1-10-3-2-4-11-13(10)20-9-21(14(11)23)7-12(22)19-5-6-24-8-15(16,17)18/h2-4,9H,5-8H2,1H3,(H,19,22). The molecule has 0 aliphatic rings. The summed E-state index contributed by atoms with van der Waals surface area (Å²) >= 11 is 0. The fourth-order valence-electron chi connectivity index (χ4n) is 2.11. The molecule has 6 nitrogen and oxygen atoms in total. The van der Waals surface area contributed by atoms with Crippen LogP contribution in [0.5, 0.6) is 0 Å². The van der Waals surface area contributed by atoms with Gasteiger partial charge in [-0.25, -0.2) is 4.98 Å². The number of fused-ring (bicyclic) bond motifs is 1. The molecule has 0 fully saturated rings. The third kappa shape index (κ3) is 4.79. The normalized spacial score (nSPS) is 11.7. The van der Waals surface area contributed by atoms with Gasteiger partial charge < -0.3 is 10.1 Å². The van der Waals surface area contributed by atoms with E-state index in [1.807, 2.05) is 13.0 Å². The Morgan fingerprint density at radius 2 is 2.12 bits per heavy atom. The molecule has 24 heavy (non-hydrogen) atoms. The topological polar surface area (TPSA) is 73.2 Å². The lowest BCUT2D eigenvalue weighted by Crippen LogP contribution is -2.34. The average Bonchev–Trinajstić information content (AvgIpc) is 2.49. The highest BCUT2D eigenvalue weighted by molar-refractivity contribution is 5.81. The maximum atomic E-state index is 12.3. The average molecular weight is 343 g/mol. The van der Waals surface area contributed by atoms with E-state index in [9.17, 15) is 22.8 Å². The lowest BCUT2D eigenvalue weighted by atomic mass is 10.1. The van der Waals surface area contributed by atoms with Crippen LogP contribution in [0.15, 0.2) is 29.3 Å². The first kappa shape index (κ1) is 17.9. The molecule has 2 aromatic rings. The van der Waals surface area contributed by atoms with Gasteiger partial charge in [0, 0.05) is 6.54 Å². The Hall–Kier alpha value is -2.42. The Kier molecular flexibility index (Phi) is 5.55. The molecule has 0 aliphatic heterocycles. The predicted molar refractivity (Wildman–Crippen MR) is 80.6 cm³/mol. The second-order valence-electron chi connectivity index (χ2n) is 5.17. The van der Waals surface area contributed by atoms with E-state index < -0.39 is 18.7 Å². The summed E-state index contributed by atoms with van der Waals surface area (Å²) in [4.78, 5) is 28.2. The van der Waals surface area contributed by atoms with Gasteiger partial charge in [-0.05, 0) is 18.6 Å². The van der Waals surface area contributed by atoms with Crippen LogP contribution in [0.1, 0.15) is 5.56 Å². The highest BCUT2D eigenvalue weighted by Gasteiger charge is 2.27. The molecule has 2 rings (SSSR count). The molecule has 1 aromatic heterocycles. The van der Waals surface area contributed by atoms with E-state index in [1.54, 1.807) is 12.1 Å². The number of alkyl halides is 3. The fourth-order valence-corrected chi connectivity index (χ4v) is 2.11. The second-order valence-corrected chi connectivity index (χ2v) is 5.17. The number of aromatic nitrogens is 2. The summed E-state index contributed by atoms with van der Waals surface area (Å²) in [6.45, 7) is -0.156. The quantitative estimate of drug-likeness (QED) is 0.805. The molecule has 0 bridgehead atoms. The molecule has 0 unspecified atom stereocenters. The minimum atomic E-state index is -4.40. The SMILES string of the molecule is Cc1cccc2c(=O)n(CC(=O)NCCOCC(F)(F)F)cnc12. The van der Waals surface area contributed by atoms with Gasteiger partial charge in [-0.1, -0.05) is 12.1 Å². The minimum absolute atomic E-state index is 0.0796. The minimum Gasteiger partial charge on any atom is -0.370 e. The van der Waals surface area contributed by atoms with E-state index in [-0.39, 0.29) is 25.3 Å². The van der Waals surface area contributed by atoms with Crippen LogP contribution in [0.4, 0.5) is 13.2 Å². The predicted octanol–water partition coefficient (Wildman–Crippen LogP) is 1.40. The van der Waals surface area contributed by atoms with Crippen LogP contribution in [0.2, 0.25) is 0 Å². The van der Waals surface area contributed by atoms with Crippen molar-refractivity contribution >= 4 is 16.8 Å². The molecular formula is C15H16F3N3O3. The van der Waals surface area contributed by atoms with Crippen molar-refractivity contribution in [2.75, 3.05) is 19.8 Å². The first-order valence-corrected chi connectivity index (χ1v) is 7.14. The number of nitrogens with one attached hydrogen (secondary N) is 1. The molecule has 0 atom stereocenters. The van der Waals surface area contributed by atoms with Gasteiger partial charge >= 0.3 is 6.18 Å². The van der Waals surface area contributed by atoms with Crippen molar-refractivity contribution in [3.63, 3.8) is 0 Å². The van der Waals surface area contributed by atoms with Gasteiger partial charge in [-0.15, -0.1) is 0 Å². The third-order valence-electron chi connectivity index (χ3n) is 3.20. The summed E-state index contributed by atoms with van der Waals surface area (Å²) in [5.41, 5.74) is 1.06. The molecular weight excluding hydrogens is 327 g/mol. The number of halogens is 3. The molecule has 1 N–H and O–H groups in total. The van der Waals surface area contributed by atoms with Gasteiger partial charge in [0.25, 0.3) is 5.56 Å². The van der Waals surface area contributed by atoms with E-state index in [1.165, 1.54) is 6.33 Å². The number of nitrogens with zero attached hydrogens (tertiary/aromatic N) is 2. The zero-order chi connectivity index (χ0) is 17.7. The van der Waals surface area contributed by atoms with E-state index in [0.717, 1.165) is 10.1 Å². The van der Waals surface area contributed by atoms with Gasteiger partial charge in [-0.3, -0.25) is 14.2 Å². The number of amides is 1. The van der Waals surface area contributed by atoms with Crippen molar-refractivity contribution < 1.29 is 22.7 Å². The zero-order valence-electron chi connectivity index (χ0n) is 12.9. The molecule has 1 amide bonds. The maximum absolute atomic E-state index is 12.3. The lowest BCUT2D eigenvalue weighted by Gasteiger charge is -2.10. The molecule has 1 aromatic carbocycles. The third-order valence-corrected chi connectivity index (χ3v) is 3.20. The van der Waals surface area contributed by atoms with Crippen molar-refractivity contribution in [2.24, 2.45) is 0 Å². The van der Waals surface area contributed by atoms with E-state index in [4.69, 9.17) is 0 Å². The molecule has 130 valence electrons. The Labute approximate surface area is 135 Å². The van der Waals surface area contributed by atoms with Gasteiger partial charge in [-0.2, -0.15) is 13.2 Å². The van der Waals surface area contributed by atoms with Gasteiger partial charge in [0.1, 0.15) is 13.2 Å². The number of hydrogen-bond donors (Lipinski definition) is 1. The number of hydrogen-bond acceptors (Lipinski definition) is 4. The second kappa shape index (κ2) is 7.43. The monoisotopic (exact) mass is 343 g/mol. The van der Waals surface area contributed by atoms with Crippen molar-refractivity contribution in [3.8, 4) is 0 Å². The number of para-hydroxylation sites is 1. The molecule has 1 heterocycles. The molecule has 0 saturated carbocycles. The van der Waals surface area contributed by atoms with Crippen LogP contribution in [-0.4, -0.2) is 41.4 Å². The number of carbonyl (C=O) groups is 1. The van der Waals surface area contributed by atoms with Crippen LogP contribution in [0.25, 0.3) is 10.9 Å². The van der Waals surface area contributed by atoms with E-state index >= 15 is 0 Å².